The van der Waals surface area contributed by atoms with Crippen molar-refractivity contribution >= 4 is 15.7 Å². The van der Waals surface area contributed by atoms with Crippen LogP contribution in [0.3, 0.4) is 0 Å². The highest BCUT2D eigenvalue weighted by Crippen LogP contribution is 2.56. The van der Waals surface area contributed by atoms with Gasteiger partial charge in [-0.2, -0.15) is 0 Å². The number of carbonyl (C=O) groups is 1. The summed E-state index contributed by atoms with van der Waals surface area (Å²) in [7, 11) is -1.15. The first kappa shape index (κ1) is 10.9. The predicted octanol–water partition coefficient (Wildman–Crippen LogP) is 0.432. The molecule has 1 heterocycles. The lowest BCUT2D eigenvalue weighted by Crippen LogP contribution is -2.40. The third-order valence-electron chi connectivity index (χ3n) is 3.77. The van der Waals surface area contributed by atoms with Crippen molar-refractivity contribution in [3.05, 3.63) is 0 Å². The van der Waals surface area contributed by atoms with E-state index in [9.17, 15) is 13.2 Å². The summed E-state index contributed by atoms with van der Waals surface area (Å²) in [5, 5.41) is -0.189. The molecule has 2 unspecified atom stereocenters. The monoisotopic (exact) mass is 231 g/mol. The van der Waals surface area contributed by atoms with Gasteiger partial charge in [0, 0.05) is 31.2 Å². The van der Waals surface area contributed by atoms with E-state index < -0.39 is 9.84 Å². The van der Waals surface area contributed by atoms with E-state index >= 15 is 0 Å². The lowest BCUT2D eigenvalue weighted by molar-refractivity contribution is -0.133. The number of amides is 1. The maximum Gasteiger partial charge on any atom is 0.222 e. The second-order valence-corrected chi connectivity index (χ2v) is 7.23. The van der Waals surface area contributed by atoms with Gasteiger partial charge in [-0.15, -0.1) is 0 Å². The molecule has 1 amide bonds. The molecule has 1 aliphatic carbocycles. The second kappa shape index (κ2) is 3.20. The van der Waals surface area contributed by atoms with Gasteiger partial charge in [-0.3, -0.25) is 4.79 Å². The van der Waals surface area contributed by atoms with Crippen LogP contribution >= 0.6 is 0 Å². The number of sulfone groups is 1. The molecule has 2 atom stereocenters. The summed E-state index contributed by atoms with van der Waals surface area (Å²) in [6, 6.07) is 0. The molecule has 0 N–H and O–H groups in total. The van der Waals surface area contributed by atoms with Crippen LogP contribution in [0.4, 0.5) is 0 Å². The van der Waals surface area contributed by atoms with Gasteiger partial charge in [0.15, 0.2) is 9.84 Å². The van der Waals surface area contributed by atoms with Gasteiger partial charge in [0.1, 0.15) is 0 Å². The first-order valence-corrected chi connectivity index (χ1v) is 7.08. The van der Waals surface area contributed by atoms with Crippen molar-refractivity contribution < 1.29 is 13.2 Å². The van der Waals surface area contributed by atoms with Crippen molar-refractivity contribution in [1.82, 2.24) is 4.90 Å². The van der Waals surface area contributed by atoms with Gasteiger partial charge < -0.3 is 4.90 Å². The summed E-state index contributed by atoms with van der Waals surface area (Å²) in [5.41, 5.74) is -0.0997. The molecule has 0 bridgehead atoms. The van der Waals surface area contributed by atoms with Crippen molar-refractivity contribution in [3.8, 4) is 0 Å². The molecule has 0 aromatic heterocycles. The van der Waals surface area contributed by atoms with E-state index in [4.69, 9.17) is 0 Å². The van der Waals surface area contributed by atoms with Gasteiger partial charge in [0.05, 0.1) is 5.25 Å². The molecule has 2 rings (SSSR count). The lowest BCUT2D eigenvalue weighted by Gasteiger charge is -2.30. The summed E-state index contributed by atoms with van der Waals surface area (Å²) < 4.78 is 23.4. The number of hydrogen-bond acceptors (Lipinski definition) is 3. The summed E-state index contributed by atoms with van der Waals surface area (Å²) in [5.74, 6) is 0.358. The zero-order valence-corrected chi connectivity index (χ0v) is 10.0. The van der Waals surface area contributed by atoms with Crippen LogP contribution < -0.4 is 0 Å². The summed E-state index contributed by atoms with van der Waals surface area (Å²) in [6.07, 6.45) is 2.01. The SMILES string of the molecule is CCS(=O)(=O)C1CC12CCC(=O)N(C)C2. The number of rotatable bonds is 2. The fourth-order valence-corrected chi connectivity index (χ4v) is 4.58. The average molecular weight is 231 g/mol. The Kier molecular flexibility index (Phi) is 2.33. The molecule has 1 saturated carbocycles. The molecule has 0 aromatic carbocycles. The first-order chi connectivity index (χ1) is 6.91. The van der Waals surface area contributed by atoms with E-state index in [1.165, 1.54) is 0 Å². The second-order valence-electron chi connectivity index (χ2n) is 4.76. The van der Waals surface area contributed by atoms with Gasteiger partial charge in [-0.1, -0.05) is 6.92 Å². The smallest absolute Gasteiger partial charge is 0.222 e. The van der Waals surface area contributed by atoms with Crippen molar-refractivity contribution in [2.75, 3.05) is 19.3 Å². The largest absolute Gasteiger partial charge is 0.345 e. The quantitative estimate of drug-likeness (QED) is 0.692. The topological polar surface area (TPSA) is 54.5 Å². The lowest BCUT2D eigenvalue weighted by atomic mass is 9.95. The van der Waals surface area contributed by atoms with Crippen LogP contribution in [0.1, 0.15) is 26.2 Å². The molecular weight excluding hydrogens is 214 g/mol. The van der Waals surface area contributed by atoms with Crippen LogP contribution in [0.2, 0.25) is 0 Å². The van der Waals surface area contributed by atoms with Gasteiger partial charge in [-0.25, -0.2) is 8.42 Å². The van der Waals surface area contributed by atoms with E-state index in [2.05, 4.69) is 0 Å². The number of carbonyl (C=O) groups excluding carboxylic acids is 1. The van der Waals surface area contributed by atoms with E-state index in [1.54, 1.807) is 18.9 Å². The molecule has 1 spiro atoms. The number of nitrogens with zero attached hydrogens (tertiary/aromatic N) is 1. The fourth-order valence-electron chi connectivity index (χ4n) is 2.64. The van der Waals surface area contributed by atoms with Crippen LogP contribution in [0.15, 0.2) is 0 Å². The molecule has 2 fully saturated rings. The number of likely N-dealkylation sites (tertiary alicyclic amines) is 1. The van der Waals surface area contributed by atoms with Crippen molar-refractivity contribution in [1.29, 1.82) is 0 Å². The van der Waals surface area contributed by atoms with E-state index in [1.807, 2.05) is 0 Å². The van der Waals surface area contributed by atoms with Gasteiger partial charge in [-0.05, 0) is 12.8 Å². The van der Waals surface area contributed by atoms with E-state index in [-0.39, 0.29) is 22.3 Å². The Morgan fingerprint density at radius 2 is 2.20 bits per heavy atom. The fraction of sp³-hybridized carbons (Fsp3) is 0.900. The Labute approximate surface area is 90.6 Å². The predicted molar refractivity (Wildman–Crippen MR) is 57.2 cm³/mol. The molecule has 1 aliphatic heterocycles. The highest BCUT2D eigenvalue weighted by Gasteiger charge is 2.61. The highest BCUT2D eigenvalue weighted by molar-refractivity contribution is 7.92. The van der Waals surface area contributed by atoms with Gasteiger partial charge >= 0.3 is 0 Å². The molecule has 5 heteroatoms. The van der Waals surface area contributed by atoms with Gasteiger partial charge in [0.2, 0.25) is 5.91 Å². The van der Waals surface area contributed by atoms with Crippen molar-refractivity contribution in [2.24, 2.45) is 5.41 Å². The van der Waals surface area contributed by atoms with E-state index in [0.29, 0.717) is 13.0 Å². The molecule has 2 aliphatic rings. The molecule has 1 saturated heterocycles. The van der Waals surface area contributed by atoms with Crippen LogP contribution in [0.5, 0.6) is 0 Å². The molecule has 4 nitrogen and oxygen atoms in total. The maximum absolute atomic E-state index is 11.7. The molecular formula is C10H17NO3S. The van der Waals surface area contributed by atoms with Crippen LogP contribution in [0.25, 0.3) is 0 Å². The summed E-state index contributed by atoms with van der Waals surface area (Å²) in [4.78, 5) is 13.0. The third kappa shape index (κ3) is 1.67. The van der Waals surface area contributed by atoms with Crippen LogP contribution in [-0.4, -0.2) is 43.8 Å². The molecule has 0 radical (unpaired) electrons. The molecule has 15 heavy (non-hydrogen) atoms. The first-order valence-electron chi connectivity index (χ1n) is 5.37. The zero-order valence-electron chi connectivity index (χ0n) is 9.19. The van der Waals surface area contributed by atoms with Crippen molar-refractivity contribution in [3.63, 3.8) is 0 Å². The maximum atomic E-state index is 11.7. The standard InChI is InChI=1S/C10H17NO3S/c1-3-15(13,14)8-6-10(8)5-4-9(12)11(2)7-10/h8H,3-7H2,1-2H3. The zero-order chi connectivity index (χ0) is 11.3. The van der Waals surface area contributed by atoms with E-state index in [0.717, 1.165) is 12.8 Å². The molecule has 0 aromatic rings. The average Bonchev–Trinajstić information content (AvgIpc) is 2.88. The van der Waals surface area contributed by atoms with Gasteiger partial charge in [0.25, 0.3) is 0 Å². The summed E-state index contributed by atoms with van der Waals surface area (Å²) >= 11 is 0. The van der Waals surface area contributed by atoms with Crippen LogP contribution in [-0.2, 0) is 14.6 Å². The minimum Gasteiger partial charge on any atom is -0.345 e. The third-order valence-corrected chi connectivity index (χ3v) is 6.10. The van der Waals surface area contributed by atoms with Crippen molar-refractivity contribution in [2.45, 2.75) is 31.4 Å². The Morgan fingerprint density at radius 1 is 1.53 bits per heavy atom. The minimum absolute atomic E-state index is 0.0997. The van der Waals surface area contributed by atoms with Crippen LogP contribution in [0, 0.1) is 5.41 Å². The highest BCUT2D eigenvalue weighted by atomic mass is 32.2. The summed E-state index contributed by atoms with van der Waals surface area (Å²) in [6.45, 7) is 2.31. The number of hydrogen-bond donors (Lipinski definition) is 0. The normalized spacial score (nSPS) is 36.0. The number of piperidine rings is 1. The Hall–Kier alpha value is -0.580. The Bertz CT molecular complexity index is 389. The minimum atomic E-state index is -2.91. The Balaban J connectivity index is 2.12. The Morgan fingerprint density at radius 3 is 2.73 bits per heavy atom. The molecule has 86 valence electrons.